The van der Waals surface area contributed by atoms with E-state index in [4.69, 9.17) is 18.5 Å². The van der Waals surface area contributed by atoms with Gasteiger partial charge in [0, 0.05) is 19.3 Å². The molecule has 0 spiro atoms. The molecule has 0 aromatic rings. The number of hydrogen-bond donors (Lipinski definition) is 0. The fourth-order valence-corrected chi connectivity index (χ4v) is 6.15. The van der Waals surface area contributed by atoms with E-state index in [-0.39, 0.29) is 31.8 Å². The van der Waals surface area contributed by atoms with Crippen molar-refractivity contribution in [1.29, 1.82) is 0 Å². The van der Waals surface area contributed by atoms with Crippen molar-refractivity contribution in [3.63, 3.8) is 0 Å². The van der Waals surface area contributed by atoms with Crippen LogP contribution in [0.4, 0.5) is 0 Å². The van der Waals surface area contributed by atoms with Gasteiger partial charge in [0.2, 0.25) is 0 Å². The first-order valence-electron chi connectivity index (χ1n) is 21.3. The summed E-state index contributed by atoms with van der Waals surface area (Å²) in [5.41, 5.74) is 0. The maximum Gasteiger partial charge on any atom is 0.306 e. The number of likely N-dealkylation sites (N-methyl/N-ethyl adjacent to an activating group) is 1. The molecule has 0 saturated carbocycles. The van der Waals surface area contributed by atoms with Gasteiger partial charge in [0.05, 0.1) is 27.7 Å². The third-order valence-electron chi connectivity index (χ3n) is 8.83. The Morgan fingerprint density at radius 1 is 0.618 bits per heavy atom. The van der Waals surface area contributed by atoms with E-state index in [9.17, 15) is 23.8 Å². The van der Waals surface area contributed by atoms with E-state index in [1.807, 2.05) is 45.4 Å². The molecular formula is C44H78NO9P. The molecule has 55 heavy (non-hydrogen) atoms. The van der Waals surface area contributed by atoms with Crippen molar-refractivity contribution in [1.82, 2.24) is 0 Å². The zero-order valence-electron chi connectivity index (χ0n) is 35.4. The van der Waals surface area contributed by atoms with Gasteiger partial charge in [0.25, 0.3) is 7.82 Å². The summed E-state index contributed by atoms with van der Waals surface area (Å²) in [5.74, 6) is -0.766. The Labute approximate surface area is 335 Å². The van der Waals surface area contributed by atoms with Gasteiger partial charge < -0.3 is 27.9 Å². The molecule has 0 amide bonds. The average Bonchev–Trinajstić information content (AvgIpc) is 3.12. The minimum atomic E-state index is -4.65. The Morgan fingerprint density at radius 2 is 1.15 bits per heavy atom. The molecule has 0 aromatic carbocycles. The number of esters is 2. The van der Waals surface area contributed by atoms with Crippen LogP contribution in [0.25, 0.3) is 0 Å². The van der Waals surface area contributed by atoms with Gasteiger partial charge in [0.15, 0.2) is 11.9 Å². The van der Waals surface area contributed by atoms with Crippen LogP contribution in [-0.4, -0.2) is 75.8 Å². The van der Waals surface area contributed by atoms with Gasteiger partial charge in [-0.2, -0.15) is 0 Å². The summed E-state index contributed by atoms with van der Waals surface area (Å²) in [6.45, 7) is 3.97. The Kier molecular flexibility index (Phi) is 34.5. The highest BCUT2D eigenvalue weighted by molar-refractivity contribution is 7.45. The number of ether oxygens (including phenoxy) is 2. The topological polar surface area (TPSA) is 128 Å². The van der Waals surface area contributed by atoms with E-state index >= 15 is 0 Å². The molecule has 0 bridgehead atoms. The van der Waals surface area contributed by atoms with Gasteiger partial charge in [-0.3, -0.25) is 18.9 Å². The monoisotopic (exact) mass is 796 g/mol. The second kappa shape index (κ2) is 36.0. The summed E-state index contributed by atoms with van der Waals surface area (Å²) in [5, 5.41) is 0. The van der Waals surface area contributed by atoms with Crippen molar-refractivity contribution >= 4 is 25.5 Å². The number of unbranched alkanes of at least 4 members (excludes halogenated alkanes) is 15. The van der Waals surface area contributed by atoms with Gasteiger partial charge in [-0.25, -0.2) is 0 Å². The van der Waals surface area contributed by atoms with Gasteiger partial charge in [0.1, 0.15) is 19.8 Å². The first-order valence-corrected chi connectivity index (χ1v) is 22.8. The highest BCUT2D eigenvalue weighted by atomic mass is 31.2. The predicted octanol–water partition coefficient (Wildman–Crippen LogP) is 10.5. The van der Waals surface area contributed by atoms with Gasteiger partial charge >= 0.3 is 11.9 Å². The Hall–Kier alpha value is -2.36. The number of phosphoric ester groups is 1. The number of hydrogen-bond acceptors (Lipinski definition) is 9. The van der Waals surface area contributed by atoms with Crippen LogP contribution < -0.4 is 4.89 Å². The zero-order chi connectivity index (χ0) is 40.9. The van der Waals surface area contributed by atoms with Crippen LogP contribution in [0.2, 0.25) is 0 Å². The highest BCUT2D eigenvalue weighted by Crippen LogP contribution is 2.38. The summed E-state index contributed by atoms with van der Waals surface area (Å²) in [4.78, 5) is 49.1. The number of carbonyl (C=O) groups excluding carboxylic acids is 3. The van der Waals surface area contributed by atoms with Crippen LogP contribution in [0.5, 0.6) is 0 Å². The molecule has 1 unspecified atom stereocenters. The summed E-state index contributed by atoms with van der Waals surface area (Å²) >= 11 is 0. The summed E-state index contributed by atoms with van der Waals surface area (Å²) < 4.78 is 33.7. The molecule has 2 atom stereocenters. The van der Waals surface area contributed by atoms with Crippen molar-refractivity contribution in [2.24, 2.45) is 0 Å². The minimum Gasteiger partial charge on any atom is -0.756 e. The molecule has 0 rings (SSSR count). The fraction of sp³-hybridized carbons (Fsp3) is 0.750. The molecule has 0 aliphatic rings. The second-order valence-electron chi connectivity index (χ2n) is 15.4. The first-order chi connectivity index (χ1) is 26.4. The molecule has 0 saturated heterocycles. The number of allylic oxidation sites excluding steroid dienone is 8. The lowest BCUT2D eigenvalue weighted by Crippen LogP contribution is -2.37. The van der Waals surface area contributed by atoms with Crippen molar-refractivity contribution in [3.05, 3.63) is 48.6 Å². The fourth-order valence-electron chi connectivity index (χ4n) is 5.42. The van der Waals surface area contributed by atoms with Gasteiger partial charge in [-0.05, 0) is 44.6 Å². The largest absolute Gasteiger partial charge is 0.756 e. The highest BCUT2D eigenvalue weighted by Gasteiger charge is 2.21. The molecule has 0 radical (unpaired) electrons. The van der Waals surface area contributed by atoms with Gasteiger partial charge in [-0.15, -0.1) is 0 Å². The van der Waals surface area contributed by atoms with Crippen molar-refractivity contribution in [3.8, 4) is 0 Å². The lowest BCUT2D eigenvalue weighted by Gasteiger charge is -2.28. The molecule has 0 heterocycles. The number of phosphoric acid groups is 1. The third-order valence-corrected chi connectivity index (χ3v) is 9.79. The maximum atomic E-state index is 12.6. The molecular weight excluding hydrogens is 717 g/mol. The number of quaternary nitrogens is 1. The van der Waals surface area contributed by atoms with E-state index in [0.29, 0.717) is 36.7 Å². The Morgan fingerprint density at radius 3 is 1.76 bits per heavy atom. The number of nitrogens with zero attached hydrogens (tertiary/aromatic N) is 1. The van der Waals surface area contributed by atoms with Crippen LogP contribution in [0.3, 0.4) is 0 Å². The van der Waals surface area contributed by atoms with Crippen LogP contribution in [0.1, 0.15) is 162 Å². The van der Waals surface area contributed by atoms with Crippen LogP contribution in [0.15, 0.2) is 48.6 Å². The Balaban J connectivity index is 4.51. The zero-order valence-corrected chi connectivity index (χ0v) is 36.3. The van der Waals surface area contributed by atoms with E-state index in [2.05, 4.69) is 26.0 Å². The van der Waals surface area contributed by atoms with Gasteiger partial charge in [-0.1, -0.05) is 146 Å². The van der Waals surface area contributed by atoms with E-state index in [1.54, 1.807) is 12.2 Å². The van der Waals surface area contributed by atoms with E-state index in [0.717, 1.165) is 51.4 Å². The Bertz CT molecular complexity index is 1140. The molecule has 0 aliphatic heterocycles. The SMILES string of the molecule is CCCCCCCCCCCCCCCC(=O)O[C@H](COC(=O)CCC/C=C\C/C=C\C/C=C\C=C\C(=O)CCCCC)COP(=O)([O-])OCC[N+](C)(C)C. The maximum absolute atomic E-state index is 12.6. The normalized spacial score (nSPS) is 14.0. The standard InChI is InChI=1S/C44H78NO9P/c1-6-8-10-11-12-13-14-15-18-22-25-28-32-36-44(48)54-42(40-53-55(49,50)52-38-37-45(3,4)5)39-51-43(47)35-31-27-24-21-19-16-17-20-23-26-30-34-41(46)33-29-9-7-2/h16-17,21,23-24,26,30,34,42H,6-15,18-20,22,25,27-29,31-33,35-40H2,1-5H3/b17-16-,24-21-,26-23-,34-30+/t42-/m1/s1. The summed E-state index contributed by atoms with van der Waals surface area (Å²) in [7, 11) is 1.10. The van der Waals surface area contributed by atoms with E-state index < -0.39 is 32.5 Å². The van der Waals surface area contributed by atoms with Crippen LogP contribution in [0, 0.1) is 0 Å². The molecule has 0 fully saturated rings. The van der Waals surface area contributed by atoms with Crippen molar-refractivity contribution in [2.75, 3.05) is 47.5 Å². The molecule has 11 heteroatoms. The lowest BCUT2D eigenvalue weighted by molar-refractivity contribution is -0.870. The molecule has 10 nitrogen and oxygen atoms in total. The number of carbonyl (C=O) groups is 3. The van der Waals surface area contributed by atoms with Crippen molar-refractivity contribution in [2.45, 2.75) is 168 Å². The van der Waals surface area contributed by atoms with Crippen LogP contribution in [-0.2, 0) is 37.5 Å². The lowest BCUT2D eigenvalue weighted by atomic mass is 10.0. The molecule has 0 aliphatic carbocycles. The summed E-state index contributed by atoms with van der Waals surface area (Å²) in [6.07, 6.45) is 37.0. The summed E-state index contributed by atoms with van der Waals surface area (Å²) in [6, 6.07) is 0. The smallest absolute Gasteiger partial charge is 0.306 e. The van der Waals surface area contributed by atoms with Crippen molar-refractivity contribution < 1.29 is 46.8 Å². The third kappa shape index (κ3) is 39.7. The molecule has 318 valence electrons. The second-order valence-corrected chi connectivity index (χ2v) is 16.8. The minimum absolute atomic E-state index is 0.0495. The predicted molar refractivity (Wildman–Crippen MR) is 222 cm³/mol. The first kappa shape index (κ1) is 52.6. The molecule has 0 N–H and O–H groups in total. The molecule has 0 aromatic heterocycles. The average molecular weight is 796 g/mol. The van der Waals surface area contributed by atoms with Crippen LogP contribution >= 0.6 is 7.82 Å². The number of ketones is 1. The quantitative estimate of drug-likeness (QED) is 0.0114. The van der Waals surface area contributed by atoms with E-state index in [1.165, 1.54) is 57.8 Å². The number of rotatable bonds is 38.